The second-order valence-corrected chi connectivity index (χ2v) is 4.26. The van der Waals surface area contributed by atoms with Gasteiger partial charge in [0.1, 0.15) is 11.8 Å². The molecule has 2 N–H and O–H groups in total. The zero-order chi connectivity index (χ0) is 12.8. The molecule has 96 valence electrons. The van der Waals surface area contributed by atoms with E-state index in [0.717, 1.165) is 12.3 Å². The van der Waals surface area contributed by atoms with E-state index >= 15 is 0 Å². The number of carbonyl (C=O) groups is 1. The molecule has 0 radical (unpaired) electrons. The molecule has 0 saturated heterocycles. The van der Waals surface area contributed by atoms with Gasteiger partial charge in [0.05, 0.1) is 6.20 Å². The Morgan fingerprint density at radius 2 is 2.24 bits per heavy atom. The zero-order valence-electron chi connectivity index (χ0n) is 10.9. The lowest BCUT2D eigenvalue weighted by molar-refractivity contribution is -0.122. The van der Waals surface area contributed by atoms with E-state index in [0.29, 0.717) is 12.3 Å². The first-order valence-electron chi connectivity index (χ1n) is 5.98. The molecule has 0 bridgehead atoms. The topological polar surface area (TPSA) is 67.2 Å². The van der Waals surface area contributed by atoms with Crippen LogP contribution in [-0.2, 0) is 4.79 Å². The quantitative estimate of drug-likeness (QED) is 0.790. The van der Waals surface area contributed by atoms with Crippen LogP contribution in [-0.4, -0.2) is 23.5 Å². The van der Waals surface area contributed by atoms with Crippen molar-refractivity contribution in [2.45, 2.75) is 46.2 Å². The van der Waals surface area contributed by atoms with Crippen LogP contribution < -0.4 is 10.6 Å². The van der Waals surface area contributed by atoms with Crippen molar-refractivity contribution in [2.24, 2.45) is 0 Å². The lowest BCUT2D eigenvalue weighted by Crippen LogP contribution is -2.34. The first-order chi connectivity index (χ1) is 8.02. The van der Waals surface area contributed by atoms with Gasteiger partial charge in [-0.25, -0.2) is 4.98 Å². The molecule has 1 aromatic rings. The maximum Gasteiger partial charge on any atom is 0.222 e. The Balaban J connectivity index is 2.40. The summed E-state index contributed by atoms with van der Waals surface area (Å²) in [6.07, 6.45) is 2.11. The van der Waals surface area contributed by atoms with E-state index in [2.05, 4.69) is 15.6 Å². The number of oxazole rings is 1. The molecule has 0 aliphatic rings. The Kier molecular flexibility index (Phi) is 5.15. The summed E-state index contributed by atoms with van der Waals surface area (Å²) < 4.78 is 5.36. The van der Waals surface area contributed by atoms with Gasteiger partial charge in [0.2, 0.25) is 11.8 Å². The predicted octanol–water partition coefficient (Wildman–Crippen LogP) is 1.55. The normalized spacial score (nSPS) is 14.4. The maximum absolute atomic E-state index is 11.7. The standard InChI is InChI=1S/C12H21N3O2/c1-5-13-8(2)6-11(16)15-10(4)12-14-7-9(3)17-12/h7-8,10,13H,5-6H2,1-4H3,(H,15,16). The number of carbonyl (C=O) groups excluding carboxylic acids is 1. The van der Waals surface area contributed by atoms with Crippen LogP contribution in [0.3, 0.4) is 0 Å². The highest BCUT2D eigenvalue weighted by atomic mass is 16.4. The Bertz CT molecular complexity index is 362. The summed E-state index contributed by atoms with van der Waals surface area (Å²) in [5, 5.41) is 6.06. The molecule has 0 aliphatic heterocycles. The molecule has 2 atom stereocenters. The monoisotopic (exact) mass is 239 g/mol. The van der Waals surface area contributed by atoms with Crippen molar-refractivity contribution >= 4 is 5.91 Å². The van der Waals surface area contributed by atoms with Crippen molar-refractivity contribution in [3.63, 3.8) is 0 Å². The smallest absolute Gasteiger partial charge is 0.222 e. The largest absolute Gasteiger partial charge is 0.444 e. The van der Waals surface area contributed by atoms with E-state index < -0.39 is 0 Å². The molecule has 0 spiro atoms. The number of nitrogens with zero attached hydrogens (tertiary/aromatic N) is 1. The number of hydrogen-bond acceptors (Lipinski definition) is 4. The molecule has 0 saturated carbocycles. The average molecular weight is 239 g/mol. The van der Waals surface area contributed by atoms with Crippen LogP contribution in [0, 0.1) is 6.92 Å². The molecule has 17 heavy (non-hydrogen) atoms. The van der Waals surface area contributed by atoms with Crippen molar-refractivity contribution in [3.8, 4) is 0 Å². The SMILES string of the molecule is CCNC(C)CC(=O)NC(C)c1ncc(C)o1. The second-order valence-electron chi connectivity index (χ2n) is 4.26. The van der Waals surface area contributed by atoms with Crippen LogP contribution in [0.5, 0.6) is 0 Å². The summed E-state index contributed by atoms with van der Waals surface area (Å²) in [7, 11) is 0. The van der Waals surface area contributed by atoms with E-state index in [1.54, 1.807) is 6.20 Å². The maximum atomic E-state index is 11.7. The molecule has 5 nitrogen and oxygen atoms in total. The van der Waals surface area contributed by atoms with Crippen LogP contribution in [0.1, 0.15) is 44.9 Å². The van der Waals surface area contributed by atoms with Crippen molar-refractivity contribution in [2.75, 3.05) is 6.54 Å². The Labute approximate surface area is 102 Å². The molecule has 0 aliphatic carbocycles. The fourth-order valence-corrected chi connectivity index (χ4v) is 1.63. The zero-order valence-corrected chi connectivity index (χ0v) is 10.9. The van der Waals surface area contributed by atoms with Crippen molar-refractivity contribution < 1.29 is 9.21 Å². The summed E-state index contributed by atoms with van der Waals surface area (Å²) in [5.41, 5.74) is 0. The van der Waals surface area contributed by atoms with Crippen LogP contribution >= 0.6 is 0 Å². The fourth-order valence-electron chi connectivity index (χ4n) is 1.63. The number of nitrogens with one attached hydrogen (secondary N) is 2. The van der Waals surface area contributed by atoms with Gasteiger partial charge in [-0.1, -0.05) is 6.92 Å². The molecule has 0 aromatic carbocycles. The highest BCUT2D eigenvalue weighted by molar-refractivity contribution is 5.76. The second kappa shape index (κ2) is 6.39. The number of hydrogen-bond donors (Lipinski definition) is 2. The van der Waals surface area contributed by atoms with Crippen LogP contribution in [0.25, 0.3) is 0 Å². The minimum absolute atomic E-state index is 0.00167. The van der Waals surface area contributed by atoms with E-state index in [1.807, 2.05) is 27.7 Å². The fraction of sp³-hybridized carbons (Fsp3) is 0.667. The van der Waals surface area contributed by atoms with Gasteiger partial charge in [-0.3, -0.25) is 4.79 Å². The summed E-state index contributed by atoms with van der Waals surface area (Å²) >= 11 is 0. The van der Waals surface area contributed by atoms with E-state index in [1.165, 1.54) is 0 Å². The van der Waals surface area contributed by atoms with Crippen molar-refractivity contribution in [1.82, 2.24) is 15.6 Å². The van der Waals surface area contributed by atoms with E-state index in [9.17, 15) is 4.79 Å². The highest BCUT2D eigenvalue weighted by Gasteiger charge is 2.15. The molecule has 1 rings (SSSR count). The molecule has 1 heterocycles. The van der Waals surface area contributed by atoms with Gasteiger partial charge in [0.15, 0.2) is 0 Å². The predicted molar refractivity (Wildman–Crippen MR) is 65.6 cm³/mol. The van der Waals surface area contributed by atoms with Gasteiger partial charge in [0, 0.05) is 12.5 Å². The van der Waals surface area contributed by atoms with Gasteiger partial charge >= 0.3 is 0 Å². The van der Waals surface area contributed by atoms with Crippen molar-refractivity contribution in [1.29, 1.82) is 0 Å². The third-order valence-electron chi connectivity index (χ3n) is 2.43. The minimum Gasteiger partial charge on any atom is -0.444 e. The van der Waals surface area contributed by atoms with E-state index in [4.69, 9.17) is 4.42 Å². The third kappa shape index (κ3) is 4.56. The Morgan fingerprint density at radius 1 is 1.53 bits per heavy atom. The van der Waals surface area contributed by atoms with Crippen molar-refractivity contribution in [3.05, 3.63) is 17.8 Å². The summed E-state index contributed by atoms with van der Waals surface area (Å²) in [6, 6.07) is -0.0106. The summed E-state index contributed by atoms with van der Waals surface area (Å²) in [5.74, 6) is 1.30. The lowest BCUT2D eigenvalue weighted by Gasteiger charge is -2.14. The molecular weight excluding hydrogens is 218 g/mol. The number of rotatable bonds is 6. The van der Waals surface area contributed by atoms with Crippen LogP contribution in [0.2, 0.25) is 0 Å². The van der Waals surface area contributed by atoms with E-state index in [-0.39, 0.29) is 18.0 Å². The molecule has 1 amide bonds. The molecule has 5 heteroatoms. The lowest BCUT2D eigenvalue weighted by atomic mass is 10.2. The van der Waals surface area contributed by atoms with Crippen LogP contribution in [0.4, 0.5) is 0 Å². The molecule has 1 aromatic heterocycles. The van der Waals surface area contributed by atoms with Gasteiger partial charge in [-0.2, -0.15) is 0 Å². The van der Waals surface area contributed by atoms with Gasteiger partial charge in [-0.05, 0) is 27.3 Å². The van der Waals surface area contributed by atoms with Crippen LogP contribution in [0.15, 0.2) is 10.6 Å². The molecule has 2 unspecified atom stereocenters. The van der Waals surface area contributed by atoms with Gasteiger partial charge in [0.25, 0.3) is 0 Å². The Morgan fingerprint density at radius 3 is 2.76 bits per heavy atom. The minimum atomic E-state index is -0.190. The number of aryl methyl sites for hydroxylation is 1. The molecular formula is C12H21N3O2. The van der Waals surface area contributed by atoms with Gasteiger partial charge < -0.3 is 15.1 Å². The highest BCUT2D eigenvalue weighted by Crippen LogP contribution is 2.11. The summed E-state index contributed by atoms with van der Waals surface area (Å²) in [4.78, 5) is 15.8. The van der Waals surface area contributed by atoms with Gasteiger partial charge in [-0.15, -0.1) is 0 Å². The number of amides is 1. The first kappa shape index (κ1) is 13.7. The Hall–Kier alpha value is -1.36. The molecule has 0 fully saturated rings. The summed E-state index contributed by atoms with van der Waals surface area (Å²) in [6.45, 7) is 8.57. The average Bonchev–Trinajstić information content (AvgIpc) is 2.64. The first-order valence-corrected chi connectivity index (χ1v) is 5.98. The number of aromatic nitrogens is 1. The third-order valence-corrected chi connectivity index (χ3v) is 2.43.